The minimum Gasteiger partial charge on any atom is -0.363 e. The molecule has 0 aliphatic carbocycles. The Kier molecular flexibility index (Phi) is 3.76. The zero-order valence-corrected chi connectivity index (χ0v) is 11.4. The van der Waals surface area contributed by atoms with Crippen molar-refractivity contribution in [3.63, 3.8) is 0 Å². The van der Waals surface area contributed by atoms with Gasteiger partial charge in [-0.2, -0.15) is 0 Å². The number of hydrogen-bond acceptors (Lipinski definition) is 3. The Bertz CT molecular complexity index is 464. The van der Waals surface area contributed by atoms with E-state index in [9.17, 15) is 10.1 Å². The van der Waals surface area contributed by atoms with Gasteiger partial charge in [-0.05, 0) is 30.9 Å². The summed E-state index contributed by atoms with van der Waals surface area (Å²) in [4.78, 5) is 13.0. The summed E-state index contributed by atoms with van der Waals surface area (Å²) in [6.45, 7) is 5.17. The highest BCUT2D eigenvalue weighted by Crippen LogP contribution is 2.36. The Hall–Kier alpha value is -1.29. The molecule has 0 aromatic heterocycles. The smallest absolute Gasteiger partial charge is 0.292 e. The molecule has 98 valence electrons. The lowest BCUT2D eigenvalue weighted by Gasteiger charge is -2.23. The number of nitrogens with zero attached hydrogens (tertiary/aromatic N) is 2. The molecule has 0 N–H and O–H groups in total. The summed E-state index contributed by atoms with van der Waals surface area (Å²) >= 11 is 5.73. The van der Waals surface area contributed by atoms with E-state index in [1.165, 1.54) is 0 Å². The Morgan fingerprint density at radius 2 is 2.22 bits per heavy atom. The van der Waals surface area contributed by atoms with Crippen LogP contribution in [0.2, 0.25) is 0 Å². The first-order chi connectivity index (χ1) is 8.52. The van der Waals surface area contributed by atoms with Gasteiger partial charge in [0.2, 0.25) is 0 Å². The van der Waals surface area contributed by atoms with Crippen LogP contribution < -0.4 is 4.90 Å². The summed E-state index contributed by atoms with van der Waals surface area (Å²) in [7, 11) is 0. The standard InChI is InChI=1S/C13H17ClN2O2/c1-9-5-10(2)15(8-9)12-4-3-11(7-14)6-13(12)16(17)18/h3-4,6,9-10H,5,7-8H2,1-2H3. The SMILES string of the molecule is CC1CC(C)N(c2ccc(CCl)cc2[N+](=O)[O-])C1. The summed E-state index contributed by atoms with van der Waals surface area (Å²) in [5.41, 5.74) is 1.66. The molecule has 1 aliphatic heterocycles. The molecule has 1 aromatic rings. The van der Waals surface area contributed by atoms with Crippen molar-refractivity contribution in [3.8, 4) is 0 Å². The normalized spacial score (nSPS) is 23.4. The van der Waals surface area contributed by atoms with Crippen LogP contribution >= 0.6 is 11.6 Å². The average Bonchev–Trinajstić information content (AvgIpc) is 2.67. The lowest BCUT2D eigenvalue weighted by atomic mass is 10.1. The molecule has 1 aliphatic rings. The Morgan fingerprint density at radius 1 is 1.50 bits per heavy atom. The number of rotatable bonds is 3. The summed E-state index contributed by atoms with van der Waals surface area (Å²) in [5.74, 6) is 0.875. The lowest BCUT2D eigenvalue weighted by molar-refractivity contribution is -0.384. The molecule has 1 saturated heterocycles. The molecule has 0 radical (unpaired) electrons. The number of nitro groups is 1. The minimum atomic E-state index is -0.318. The van der Waals surface area contributed by atoms with Gasteiger partial charge in [0.1, 0.15) is 5.69 Å². The molecule has 2 atom stereocenters. The van der Waals surface area contributed by atoms with E-state index in [0.29, 0.717) is 23.5 Å². The summed E-state index contributed by atoms with van der Waals surface area (Å²) in [5, 5.41) is 11.2. The van der Waals surface area contributed by atoms with Gasteiger partial charge in [-0.25, -0.2) is 0 Å². The first-order valence-corrected chi connectivity index (χ1v) is 6.66. The highest BCUT2D eigenvalue weighted by molar-refractivity contribution is 6.17. The van der Waals surface area contributed by atoms with Gasteiger partial charge in [-0.1, -0.05) is 13.0 Å². The topological polar surface area (TPSA) is 46.4 Å². The number of alkyl halides is 1. The van der Waals surface area contributed by atoms with Gasteiger partial charge in [-0.3, -0.25) is 10.1 Å². The molecule has 4 nitrogen and oxygen atoms in total. The molecule has 0 amide bonds. The van der Waals surface area contributed by atoms with Crippen molar-refractivity contribution in [2.45, 2.75) is 32.2 Å². The third-order valence-corrected chi connectivity index (χ3v) is 3.79. The molecule has 1 heterocycles. The van der Waals surface area contributed by atoms with E-state index in [4.69, 9.17) is 11.6 Å². The van der Waals surface area contributed by atoms with E-state index in [-0.39, 0.29) is 10.6 Å². The molecule has 5 heteroatoms. The van der Waals surface area contributed by atoms with E-state index in [2.05, 4.69) is 18.7 Å². The van der Waals surface area contributed by atoms with Gasteiger partial charge < -0.3 is 4.90 Å². The van der Waals surface area contributed by atoms with Gasteiger partial charge in [0.05, 0.1) is 4.92 Å². The molecule has 1 aromatic carbocycles. The molecule has 0 bridgehead atoms. The van der Waals surface area contributed by atoms with Gasteiger partial charge in [0.15, 0.2) is 0 Å². The summed E-state index contributed by atoms with van der Waals surface area (Å²) in [6, 6.07) is 5.62. The van der Waals surface area contributed by atoms with Crippen LogP contribution in [0.15, 0.2) is 18.2 Å². The molecule has 2 unspecified atom stereocenters. The maximum Gasteiger partial charge on any atom is 0.292 e. The van der Waals surface area contributed by atoms with Gasteiger partial charge in [0.25, 0.3) is 5.69 Å². The molecule has 2 rings (SSSR count). The van der Waals surface area contributed by atoms with Crippen molar-refractivity contribution in [3.05, 3.63) is 33.9 Å². The van der Waals surface area contributed by atoms with Crippen LogP contribution in [0.25, 0.3) is 0 Å². The van der Waals surface area contributed by atoms with Gasteiger partial charge in [-0.15, -0.1) is 11.6 Å². The quantitative estimate of drug-likeness (QED) is 0.478. The molecular weight excluding hydrogens is 252 g/mol. The summed E-state index contributed by atoms with van der Waals surface area (Å²) < 4.78 is 0. The number of hydrogen-bond donors (Lipinski definition) is 0. The van der Waals surface area contributed by atoms with Crippen LogP contribution in [-0.2, 0) is 5.88 Å². The molecule has 0 saturated carbocycles. The van der Waals surface area contributed by atoms with Crippen LogP contribution in [0.4, 0.5) is 11.4 Å². The molecule has 1 fully saturated rings. The number of anilines is 1. The van der Waals surface area contributed by atoms with Crippen molar-refractivity contribution < 1.29 is 4.92 Å². The first kappa shape index (κ1) is 13.1. The fourth-order valence-electron chi connectivity index (χ4n) is 2.68. The predicted octanol–water partition coefficient (Wildman–Crippen LogP) is 3.57. The maximum atomic E-state index is 11.2. The maximum absolute atomic E-state index is 11.2. The van der Waals surface area contributed by atoms with Crippen LogP contribution in [-0.4, -0.2) is 17.5 Å². The van der Waals surface area contributed by atoms with E-state index in [1.807, 2.05) is 12.1 Å². The van der Waals surface area contributed by atoms with E-state index < -0.39 is 0 Å². The number of benzene rings is 1. The second-order valence-electron chi connectivity index (χ2n) is 5.06. The van der Waals surface area contributed by atoms with Crippen LogP contribution in [0.3, 0.4) is 0 Å². The molecular formula is C13H17ClN2O2. The van der Waals surface area contributed by atoms with Crippen molar-refractivity contribution in [1.82, 2.24) is 0 Å². The zero-order chi connectivity index (χ0) is 13.3. The first-order valence-electron chi connectivity index (χ1n) is 6.13. The zero-order valence-electron chi connectivity index (χ0n) is 10.6. The monoisotopic (exact) mass is 268 g/mol. The Labute approximate surface area is 112 Å². The minimum absolute atomic E-state index is 0.161. The van der Waals surface area contributed by atoms with Crippen molar-refractivity contribution in [2.24, 2.45) is 5.92 Å². The largest absolute Gasteiger partial charge is 0.363 e. The number of nitro benzene ring substituents is 1. The Balaban J connectivity index is 2.41. The third-order valence-electron chi connectivity index (χ3n) is 3.48. The second kappa shape index (κ2) is 5.14. The Morgan fingerprint density at radius 3 is 2.72 bits per heavy atom. The van der Waals surface area contributed by atoms with E-state index >= 15 is 0 Å². The predicted molar refractivity (Wildman–Crippen MR) is 73.2 cm³/mol. The lowest BCUT2D eigenvalue weighted by Crippen LogP contribution is -2.27. The van der Waals surface area contributed by atoms with Crippen LogP contribution in [0.1, 0.15) is 25.8 Å². The van der Waals surface area contributed by atoms with Crippen LogP contribution in [0, 0.1) is 16.0 Å². The molecule has 18 heavy (non-hydrogen) atoms. The van der Waals surface area contributed by atoms with Crippen molar-refractivity contribution in [2.75, 3.05) is 11.4 Å². The van der Waals surface area contributed by atoms with Gasteiger partial charge >= 0.3 is 0 Å². The number of halogens is 1. The van der Waals surface area contributed by atoms with Crippen molar-refractivity contribution in [1.29, 1.82) is 0 Å². The highest BCUT2D eigenvalue weighted by Gasteiger charge is 2.30. The van der Waals surface area contributed by atoms with Gasteiger partial charge in [0, 0.05) is 24.5 Å². The fourth-order valence-corrected chi connectivity index (χ4v) is 2.84. The average molecular weight is 269 g/mol. The van der Waals surface area contributed by atoms with E-state index in [0.717, 1.165) is 18.5 Å². The third kappa shape index (κ3) is 2.43. The highest BCUT2D eigenvalue weighted by atomic mass is 35.5. The van der Waals surface area contributed by atoms with E-state index in [1.54, 1.807) is 6.07 Å². The summed E-state index contributed by atoms with van der Waals surface area (Å²) in [6.07, 6.45) is 1.08. The van der Waals surface area contributed by atoms with Crippen LogP contribution in [0.5, 0.6) is 0 Å². The second-order valence-corrected chi connectivity index (χ2v) is 5.32. The van der Waals surface area contributed by atoms with Crippen molar-refractivity contribution >= 4 is 23.0 Å². The fraction of sp³-hybridized carbons (Fsp3) is 0.538. The molecule has 0 spiro atoms.